The molecule has 0 aromatic carbocycles. The van der Waals surface area contributed by atoms with Gasteiger partial charge in [-0.1, -0.05) is 12.8 Å². The average Bonchev–Trinajstić information content (AvgIpc) is 3.25. The van der Waals surface area contributed by atoms with Crippen LogP contribution in [-0.2, 0) is 11.2 Å². The second-order valence-electron chi connectivity index (χ2n) is 6.40. The predicted molar refractivity (Wildman–Crippen MR) is 87.0 cm³/mol. The molecule has 0 saturated heterocycles. The van der Waals surface area contributed by atoms with Crippen molar-refractivity contribution in [3.63, 3.8) is 0 Å². The highest BCUT2D eigenvalue weighted by molar-refractivity contribution is 5.96. The first kappa shape index (κ1) is 14.5. The molecule has 0 radical (unpaired) electrons. The minimum absolute atomic E-state index is 0.347. The summed E-state index contributed by atoms with van der Waals surface area (Å²) in [5.41, 5.74) is 3.34. The molecule has 2 aromatic rings. The molecule has 1 saturated carbocycles. The van der Waals surface area contributed by atoms with Crippen molar-refractivity contribution in [2.24, 2.45) is 0 Å². The van der Waals surface area contributed by atoms with Gasteiger partial charge in [0.1, 0.15) is 11.4 Å². The molecular weight excluding hydrogens is 292 g/mol. The van der Waals surface area contributed by atoms with Crippen LogP contribution in [0.15, 0.2) is 6.20 Å². The Hall–Kier alpha value is -2.11. The molecule has 0 atom stereocenters. The number of rotatable bonds is 3. The van der Waals surface area contributed by atoms with Crippen molar-refractivity contribution in [1.82, 2.24) is 14.6 Å². The monoisotopic (exact) mass is 314 g/mol. The van der Waals surface area contributed by atoms with E-state index in [4.69, 9.17) is 4.74 Å². The van der Waals surface area contributed by atoms with Crippen LogP contribution >= 0.6 is 0 Å². The van der Waals surface area contributed by atoms with Crippen LogP contribution in [0.1, 0.15) is 54.2 Å². The molecule has 3 heterocycles. The van der Waals surface area contributed by atoms with Gasteiger partial charge in [-0.3, -0.25) is 0 Å². The molecule has 0 bridgehead atoms. The number of ether oxygens (including phenoxy) is 1. The van der Waals surface area contributed by atoms with Gasteiger partial charge in [0.15, 0.2) is 5.65 Å². The lowest BCUT2D eigenvalue weighted by Gasteiger charge is -2.27. The lowest BCUT2D eigenvalue weighted by molar-refractivity contribution is 0.0528. The number of aryl methyl sites for hydroxylation is 1. The second-order valence-corrected chi connectivity index (χ2v) is 6.40. The molecule has 0 amide bonds. The summed E-state index contributed by atoms with van der Waals surface area (Å²) in [7, 11) is 0. The number of aromatic nitrogens is 3. The minimum atomic E-state index is -0.347. The number of esters is 1. The Labute approximate surface area is 135 Å². The van der Waals surface area contributed by atoms with E-state index in [-0.39, 0.29) is 5.97 Å². The molecule has 6 heteroatoms. The molecule has 23 heavy (non-hydrogen) atoms. The lowest BCUT2D eigenvalue weighted by Crippen LogP contribution is -2.32. The number of anilines is 1. The molecule has 0 unspecified atom stereocenters. The summed E-state index contributed by atoms with van der Waals surface area (Å²) in [6.45, 7) is 5.21. The molecule has 1 aliphatic heterocycles. The maximum absolute atomic E-state index is 12.1. The third kappa shape index (κ3) is 2.19. The average molecular weight is 314 g/mol. The van der Waals surface area contributed by atoms with Gasteiger partial charge in [0.25, 0.3) is 0 Å². The SMILES string of the molecule is CCOC(=O)c1cnn2c3c(c(C)nc12)CCN3C1CCCC1. The summed E-state index contributed by atoms with van der Waals surface area (Å²) in [6.07, 6.45) is 7.69. The van der Waals surface area contributed by atoms with E-state index in [0.717, 1.165) is 24.5 Å². The van der Waals surface area contributed by atoms with E-state index in [2.05, 4.69) is 15.0 Å². The minimum Gasteiger partial charge on any atom is -0.462 e. The fourth-order valence-electron chi connectivity index (χ4n) is 3.97. The van der Waals surface area contributed by atoms with E-state index in [1.807, 2.05) is 18.4 Å². The van der Waals surface area contributed by atoms with Gasteiger partial charge in [-0.25, -0.2) is 9.78 Å². The molecule has 4 rings (SSSR count). The number of carbonyl (C=O) groups excluding carboxylic acids is 1. The largest absolute Gasteiger partial charge is 0.462 e. The predicted octanol–water partition coefficient (Wildman–Crippen LogP) is 2.52. The van der Waals surface area contributed by atoms with Crippen molar-refractivity contribution >= 4 is 17.4 Å². The first-order chi connectivity index (χ1) is 11.2. The standard InChI is InChI=1S/C17H22N4O2/c1-3-23-17(22)14-10-18-21-15(14)19-11(2)13-8-9-20(16(13)21)12-6-4-5-7-12/h10,12H,3-9H2,1-2H3. The van der Waals surface area contributed by atoms with Crippen molar-refractivity contribution in [2.75, 3.05) is 18.1 Å². The van der Waals surface area contributed by atoms with Crippen LogP contribution in [0, 0.1) is 6.92 Å². The zero-order valence-electron chi connectivity index (χ0n) is 13.7. The molecular formula is C17H22N4O2. The number of nitrogens with zero attached hydrogens (tertiary/aromatic N) is 4. The van der Waals surface area contributed by atoms with E-state index in [9.17, 15) is 4.79 Å². The Morgan fingerprint density at radius 1 is 1.39 bits per heavy atom. The quantitative estimate of drug-likeness (QED) is 0.815. The third-order valence-electron chi connectivity index (χ3n) is 5.06. The van der Waals surface area contributed by atoms with E-state index in [1.54, 1.807) is 6.20 Å². The zero-order valence-corrected chi connectivity index (χ0v) is 13.7. The van der Waals surface area contributed by atoms with Gasteiger partial charge in [0.2, 0.25) is 0 Å². The van der Waals surface area contributed by atoms with Crippen molar-refractivity contribution in [1.29, 1.82) is 0 Å². The number of hydrogen-bond acceptors (Lipinski definition) is 5. The number of fused-ring (bicyclic) bond motifs is 3. The van der Waals surface area contributed by atoms with Crippen LogP contribution in [0.2, 0.25) is 0 Å². The van der Waals surface area contributed by atoms with Crippen molar-refractivity contribution in [3.8, 4) is 0 Å². The maximum Gasteiger partial charge on any atom is 0.343 e. The van der Waals surface area contributed by atoms with Gasteiger partial charge >= 0.3 is 5.97 Å². The third-order valence-corrected chi connectivity index (χ3v) is 5.06. The van der Waals surface area contributed by atoms with Gasteiger partial charge in [-0.05, 0) is 33.1 Å². The highest BCUT2D eigenvalue weighted by Crippen LogP contribution is 2.36. The van der Waals surface area contributed by atoms with Crippen LogP contribution < -0.4 is 4.90 Å². The molecule has 1 fully saturated rings. The van der Waals surface area contributed by atoms with Crippen LogP contribution in [-0.4, -0.2) is 39.8 Å². The van der Waals surface area contributed by atoms with E-state index in [1.165, 1.54) is 31.2 Å². The smallest absolute Gasteiger partial charge is 0.343 e. The second kappa shape index (κ2) is 5.51. The number of hydrogen-bond donors (Lipinski definition) is 0. The number of carbonyl (C=O) groups is 1. The van der Waals surface area contributed by atoms with Crippen molar-refractivity contribution in [2.45, 2.75) is 52.0 Å². The van der Waals surface area contributed by atoms with Crippen LogP contribution in [0.4, 0.5) is 5.82 Å². The van der Waals surface area contributed by atoms with E-state index in [0.29, 0.717) is 23.9 Å². The molecule has 6 nitrogen and oxygen atoms in total. The van der Waals surface area contributed by atoms with Crippen LogP contribution in [0.3, 0.4) is 0 Å². The van der Waals surface area contributed by atoms with Gasteiger partial charge in [0.05, 0.1) is 12.8 Å². The van der Waals surface area contributed by atoms with E-state index >= 15 is 0 Å². The first-order valence-electron chi connectivity index (χ1n) is 8.51. The Morgan fingerprint density at radius 3 is 2.91 bits per heavy atom. The summed E-state index contributed by atoms with van der Waals surface area (Å²) < 4.78 is 6.98. The highest BCUT2D eigenvalue weighted by Gasteiger charge is 2.33. The molecule has 2 aliphatic rings. The fraction of sp³-hybridized carbons (Fsp3) is 0.588. The Morgan fingerprint density at radius 2 is 2.17 bits per heavy atom. The molecule has 0 N–H and O–H groups in total. The van der Waals surface area contributed by atoms with Gasteiger partial charge in [-0.15, -0.1) is 0 Å². The lowest BCUT2D eigenvalue weighted by atomic mass is 10.2. The normalized spacial score (nSPS) is 17.9. The van der Waals surface area contributed by atoms with E-state index < -0.39 is 0 Å². The van der Waals surface area contributed by atoms with Crippen LogP contribution in [0.25, 0.3) is 5.65 Å². The van der Waals surface area contributed by atoms with Gasteiger partial charge < -0.3 is 9.64 Å². The van der Waals surface area contributed by atoms with Gasteiger partial charge in [-0.2, -0.15) is 9.61 Å². The summed E-state index contributed by atoms with van der Waals surface area (Å²) in [6, 6.07) is 0.594. The molecule has 2 aromatic heterocycles. The molecule has 122 valence electrons. The Bertz CT molecular complexity index is 762. The fourth-order valence-corrected chi connectivity index (χ4v) is 3.97. The Balaban J connectivity index is 1.85. The Kier molecular flexibility index (Phi) is 3.47. The van der Waals surface area contributed by atoms with Crippen molar-refractivity contribution < 1.29 is 9.53 Å². The van der Waals surface area contributed by atoms with Crippen molar-refractivity contribution in [3.05, 3.63) is 23.0 Å². The highest BCUT2D eigenvalue weighted by atomic mass is 16.5. The molecule has 1 aliphatic carbocycles. The first-order valence-corrected chi connectivity index (χ1v) is 8.51. The topological polar surface area (TPSA) is 59.7 Å². The molecule has 0 spiro atoms. The summed E-state index contributed by atoms with van der Waals surface area (Å²) in [5, 5.41) is 4.47. The summed E-state index contributed by atoms with van der Waals surface area (Å²) in [5.74, 6) is 0.787. The summed E-state index contributed by atoms with van der Waals surface area (Å²) in [4.78, 5) is 19.3. The summed E-state index contributed by atoms with van der Waals surface area (Å²) >= 11 is 0. The maximum atomic E-state index is 12.1. The van der Waals surface area contributed by atoms with Crippen LogP contribution in [0.5, 0.6) is 0 Å². The van der Waals surface area contributed by atoms with Gasteiger partial charge in [0, 0.05) is 23.8 Å². The zero-order chi connectivity index (χ0) is 16.0.